The van der Waals surface area contributed by atoms with E-state index in [2.05, 4.69) is 5.32 Å². The number of halogens is 1. The maximum Gasteiger partial charge on any atom is 0.298 e. The lowest BCUT2D eigenvalue weighted by atomic mass is 10.2. The van der Waals surface area contributed by atoms with Crippen molar-refractivity contribution in [2.45, 2.75) is 0 Å². The molecule has 0 radical (unpaired) electrons. The first-order valence-electron chi connectivity index (χ1n) is 5.17. The summed E-state index contributed by atoms with van der Waals surface area (Å²) in [5, 5.41) is 14.2. The molecule has 2 aromatic carbocycles. The second-order valence-electron chi connectivity index (χ2n) is 3.78. The number of anilines is 2. The van der Waals surface area contributed by atoms with Crippen LogP contribution in [0.15, 0.2) is 36.4 Å². The molecule has 3 rings (SSSR count). The van der Waals surface area contributed by atoms with Gasteiger partial charge < -0.3 is 10.1 Å². The van der Waals surface area contributed by atoms with E-state index in [1.165, 1.54) is 6.07 Å². The molecule has 1 N–H and O–H groups in total. The number of ether oxygens (including phenoxy) is 1. The smallest absolute Gasteiger partial charge is 0.298 e. The number of hydrogen-bond acceptors (Lipinski definition) is 4. The van der Waals surface area contributed by atoms with Gasteiger partial charge in [0, 0.05) is 12.1 Å². The molecule has 0 fully saturated rings. The number of rotatable bonds is 1. The van der Waals surface area contributed by atoms with Gasteiger partial charge in [-0.3, -0.25) is 10.1 Å². The highest BCUT2D eigenvalue weighted by molar-refractivity contribution is 6.31. The Kier molecular flexibility index (Phi) is 2.34. The maximum atomic E-state index is 11.0. The molecule has 0 saturated carbocycles. The molecule has 1 aliphatic rings. The minimum atomic E-state index is -0.491. The third kappa shape index (κ3) is 1.65. The van der Waals surface area contributed by atoms with Gasteiger partial charge in [0.15, 0.2) is 17.2 Å². The normalized spacial score (nSPS) is 11.8. The van der Waals surface area contributed by atoms with Gasteiger partial charge in [-0.2, -0.15) is 0 Å². The highest BCUT2D eigenvalue weighted by atomic mass is 35.5. The molecule has 90 valence electrons. The van der Waals surface area contributed by atoms with E-state index in [4.69, 9.17) is 16.3 Å². The summed E-state index contributed by atoms with van der Waals surface area (Å²) >= 11 is 5.84. The number of nitrogens with one attached hydrogen (secondary N) is 1. The summed E-state index contributed by atoms with van der Waals surface area (Å²) < 4.78 is 5.60. The average molecular weight is 263 g/mol. The summed E-state index contributed by atoms with van der Waals surface area (Å²) in [6, 6.07) is 10.1. The fraction of sp³-hybridized carbons (Fsp3) is 0. The van der Waals surface area contributed by atoms with Crippen molar-refractivity contribution in [3.8, 4) is 11.5 Å². The van der Waals surface area contributed by atoms with Crippen LogP contribution in [0, 0.1) is 10.1 Å². The van der Waals surface area contributed by atoms with Crippen molar-refractivity contribution in [1.29, 1.82) is 0 Å². The van der Waals surface area contributed by atoms with E-state index in [0.29, 0.717) is 22.9 Å². The minimum absolute atomic E-state index is 0.105. The van der Waals surface area contributed by atoms with Gasteiger partial charge in [0.25, 0.3) is 5.69 Å². The van der Waals surface area contributed by atoms with Gasteiger partial charge in [0.2, 0.25) is 0 Å². The molecule has 0 saturated heterocycles. The monoisotopic (exact) mass is 262 g/mol. The van der Waals surface area contributed by atoms with Gasteiger partial charge in [-0.05, 0) is 12.1 Å². The van der Waals surface area contributed by atoms with Gasteiger partial charge in [-0.15, -0.1) is 0 Å². The summed E-state index contributed by atoms with van der Waals surface area (Å²) in [6.45, 7) is 0. The van der Waals surface area contributed by atoms with Gasteiger partial charge in [-0.25, -0.2) is 0 Å². The van der Waals surface area contributed by atoms with Crippen LogP contribution in [0.5, 0.6) is 11.5 Å². The Labute approximate surface area is 107 Å². The Balaban J connectivity index is 2.18. The first-order chi connectivity index (χ1) is 8.65. The predicted octanol–water partition coefficient (Wildman–Crippen LogP) is 4.10. The van der Waals surface area contributed by atoms with Crippen molar-refractivity contribution in [1.82, 2.24) is 0 Å². The van der Waals surface area contributed by atoms with Gasteiger partial charge in [0.05, 0.1) is 15.6 Å². The Morgan fingerprint density at radius 3 is 2.78 bits per heavy atom. The van der Waals surface area contributed by atoms with Gasteiger partial charge >= 0.3 is 0 Å². The maximum absolute atomic E-state index is 11.0. The van der Waals surface area contributed by atoms with Crippen LogP contribution in [-0.4, -0.2) is 4.92 Å². The largest absolute Gasteiger partial charge is 0.453 e. The van der Waals surface area contributed by atoms with Crippen LogP contribution in [0.4, 0.5) is 17.1 Å². The molecular formula is C12H7ClN2O3. The summed E-state index contributed by atoms with van der Waals surface area (Å²) in [7, 11) is 0. The van der Waals surface area contributed by atoms with Crippen LogP contribution in [0.25, 0.3) is 0 Å². The van der Waals surface area contributed by atoms with Crippen LogP contribution in [0.3, 0.4) is 0 Å². The molecule has 6 heteroatoms. The molecule has 0 aromatic heterocycles. The molecule has 18 heavy (non-hydrogen) atoms. The Morgan fingerprint density at radius 2 is 2.00 bits per heavy atom. The van der Waals surface area contributed by atoms with Crippen LogP contribution < -0.4 is 10.1 Å². The predicted molar refractivity (Wildman–Crippen MR) is 67.9 cm³/mol. The molecule has 1 heterocycles. The minimum Gasteiger partial charge on any atom is -0.453 e. The molecule has 1 aliphatic heterocycles. The Morgan fingerprint density at radius 1 is 1.22 bits per heavy atom. The van der Waals surface area contributed by atoms with Crippen LogP contribution in [-0.2, 0) is 0 Å². The average Bonchev–Trinajstić information content (AvgIpc) is 2.35. The quantitative estimate of drug-likeness (QED) is 0.530. The van der Waals surface area contributed by atoms with Crippen molar-refractivity contribution in [2.75, 3.05) is 5.32 Å². The zero-order valence-electron chi connectivity index (χ0n) is 9.01. The number of hydrogen-bond donors (Lipinski definition) is 1. The molecule has 2 aromatic rings. The number of nitro benzene ring substituents is 1. The molecule has 0 atom stereocenters. The van der Waals surface area contributed by atoms with Crippen LogP contribution in [0.2, 0.25) is 5.02 Å². The first kappa shape index (κ1) is 10.9. The summed E-state index contributed by atoms with van der Waals surface area (Å²) in [4.78, 5) is 10.5. The molecule has 0 bridgehead atoms. The first-order valence-corrected chi connectivity index (χ1v) is 5.55. The standard InChI is InChI=1S/C12H7ClN2O3/c13-7-5-9(15(16)17)12-11(6-7)18-10-4-2-1-3-8(10)14-12/h1-6,14H. The summed E-state index contributed by atoms with van der Waals surface area (Å²) in [5.41, 5.74) is 0.908. The van der Waals surface area contributed by atoms with E-state index >= 15 is 0 Å². The van der Waals surface area contributed by atoms with Crippen LogP contribution in [0.1, 0.15) is 0 Å². The van der Waals surface area contributed by atoms with E-state index in [9.17, 15) is 10.1 Å². The van der Waals surface area contributed by atoms with Crippen molar-refractivity contribution in [3.63, 3.8) is 0 Å². The highest BCUT2D eigenvalue weighted by Crippen LogP contribution is 2.47. The second kappa shape index (κ2) is 3.89. The molecule has 0 unspecified atom stereocenters. The molecular weight excluding hydrogens is 256 g/mol. The van der Waals surface area contributed by atoms with Crippen molar-refractivity contribution >= 4 is 28.7 Å². The van der Waals surface area contributed by atoms with Crippen LogP contribution >= 0.6 is 11.6 Å². The molecule has 0 spiro atoms. The number of para-hydroxylation sites is 2. The molecule has 0 amide bonds. The lowest BCUT2D eigenvalue weighted by Crippen LogP contribution is -2.05. The zero-order chi connectivity index (χ0) is 12.7. The van der Waals surface area contributed by atoms with Crippen molar-refractivity contribution in [2.24, 2.45) is 0 Å². The summed E-state index contributed by atoms with van der Waals surface area (Å²) in [5.74, 6) is 0.967. The highest BCUT2D eigenvalue weighted by Gasteiger charge is 2.25. The van der Waals surface area contributed by atoms with E-state index in [-0.39, 0.29) is 10.7 Å². The Bertz CT molecular complexity index is 658. The zero-order valence-corrected chi connectivity index (χ0v) is 9.77. The van der Waals surface area contributed by atoms with Gasteiger partial charge in [-0.1, -0.05) is 23.7 Å². The van der Waals surface area contributed by atoms with Crippen molar-refractivity contribution < 1.29 is 9.66 Å². The lowest BCUT2D eigenvalue weighted by molar-refractivity contribution is -0.384. The van der Waals surface area contributed by atoms with E-state index in [1.54, 1.807) is 18.2 Å². The number of benzene rings is 2. The summed E-state index contributed by atoms with van der Waals surface area (Å²) in [6.07, 6.45) is 0. The third-order valence-corrected chi connectivity index (χ3v) is 2.83. The van der Waals surface area contributed by atoms with E-state index < -0.39 is 4.92 Å². The third-order valence-electron chi connectivity index (χ3n) is 2.61. The topological polar surface area (TPSA) is 64.4 Å². The number of fused-ring (bicyclic) bond motifs is 2. The fourth-order valence-electron chi connectivity index (χ4n) is 1.83. The second-order valence-corrected chi connectivity index (χ2v) is 4.21. The Hall–Kier alpha value is -2.27. The number of nitro groups is 1. The van der Waals surface area contributed by atoms with E-state index in [0.717, 1.165) is 0 Å². The van der Waals surface area contributed by atoms with Gasteiger partial charge in [0.1, 0.15) is 0 Å². The lowest BCUT2D eigenvalue weighted by Gasteiger charge is -2.21. The molecule has 5 nitrogen and oxygen atoms in total. The molecule has 0 aliphatic carbocycles. The SMILES string of the molecule is O=[N+]([O-])c1cc(Cl)cc2c1Nc1ccccc1O2. The fourth-order valence-corrected chi connectivity index (χ4v) is 2.03. The van der Waals surface area contributed by atoms with E-state index in [1.807, 2.05) is 12.1 Å². The number of nitrogens with zero attached hydrogens (tertiary/aromatic N) is 1. The van der Waals surface area contributed by atoms with Crippen molar-refractivity contribution in [3.05, 3.63) is 51.5 Å².